The predicted octanol–water partition coefficient (Wildman–Crippen LogP) is 3.26. The van der Waals surface area contributed by atoms with Gasteiger partial charge in [0.05, 0.1) is 0 Å². The number of benzene rings is 1. The van der Waals surface area contributed by atoms with Crippen LogP contribution in [0, 0.1) is 6.92 Å². The second-order valence-corrected chi connectivity index (χ2v) is 6.76. The first kappa shape index (κ1) is 17.2. The van der Waals surface area contributed by atoms with E-state index < -0.39 is 0 Å². The quantitative estimate of drug-likeness (QED) is 0.929. The number of nitrogens with one attached hydrogen (secondary N) is 1. The van der Waals surface area contributed by atoms with Crippen molar-refractivity contribution in [1.29, 1.82) is 0 Å². The van der Waals surface area contributed by atoms with Crippen LogP contribution < -0.4 is 5.32 Å². The summed E-state index contributed by atoms with van der Waals surface area (Å²) in [5.41, 5.74) is 2.61. The van der Waals surface area contributed by atoms with Crippen LogP contribution in [0.1, 0.15) is 59.1 Å². The fourth-order valence-corrected chi connectivity index (χ4v) is 2.97. The normalized spacial score (nSPS) is 14.2. The fraction of sp³-hybridized carbons (Fsp3) is 0.421. The van der Waals surface area contributed by atoms with E-state index in [1.165, 1.54) is 0 Å². The van der Waals surface area contributed by atoms with Crippen LogP contribution in [0.4, 0.5) is 5.69 Å². The maximum Gasteiger partial charge on any atom is 0.276 e. The number of anilines is 1. The minimum atomic E-state index is -0.249. The van der Waals surface area contributed by atoms with Gasteiger partial charge in [-0.05, 0) is 63.4 Å². The topological polar surface area (TPSA) is 67.2 Å². The van der Waals surface area contributed by atoms with Gasteiger partial charge in [0.25, 0.3) is 11.8 Å². The van der Waals surface area contributed by atoms with Crippen LogP contribution in [-0.4, -0.2) is 39.6 Å². The second kappa shape index (κ2) is 7.09. The molecule has 2 heterocycles. The van der Waals surface area contributed by atoms with Crippen LogP contribution in [-0.2, 0) is 0 Å². The lowest BCUT2D eigenvalue weighted by atomic mass is 10.1. The van der Waals surface area contributed by atoms with Crippen LogP contribution >= 0.6 is 0 Å². The first-order chi connectivity index (χ1) is 12.0. The van der Waals surface area contributed by atoms with Crippen molar-refractivity contribution in [2.24, 2.45) is 0 Å². The number of hydrogen-bond donors (Lipinski definition) is 1. The molecule has 1 saturated heterocycles. The average molecular weight is 340 g/mol. The van der Waals surface area contributed by atoms with Crippen LogP contribution in [0.5, 0.6) is 0 Å². The zero-order valence-electron chi connectivity index (χ0n) is 15.0. The molecule has 1 fully saturated rings. The first-order valence-corrected chi connectivity index (χ1v) is 8.72. The van der Waals surface area contributed by atoms with Gasteiger partial charge in [0.1, 0.15) is 0 Å². The number of hydrogen-bond acceptors (Lipinski definition) is 3. The minimum absolute atomic E-state index is 0.0640. The molecule has 1 aromatic heterocycles. The number of likely N-dealkylation sites (tertiary alicyclic amines) is 1. The molecule has 2 aromatic rings. The summed E-state index contributed by atoms with van der Waals surface area (Å²) in [7, 11) is 0. The summed E-state index contributed by atoms with van der Waals surface area (Å²) < 4.78 is 1.75. The third-order valence-electron chi connectivity index (χ3n) is 4.48. The Morgan fingerprint density at radius 1 is 1.16 bits per heavy atom. The number of carbonyl (C=O) groups excluding carboxylic acids is 2. The average Bonchev–Trinajstić information content (AvgIpc) is 3.27. The van der Waals surface area contributed by atoms with Gasteiger partial charge in [-0.25, -0.2) is 0 Å². The molecule has 1 aliphatic rings. The molecule has 1 aliphatic heterocycles. The highest BCUT2D eigenvalue weighted by Gasteiger charge is 2.20. The minimum Gasteiger partial charge on any atom is -0.339 e. The molecule has 1 aromatic carbocycles. The number of carbonyl (C=O) groups is 2. The molecule has 0 unspecified atom stereocenters. The third-order valence-corrected chi connectivity index (χ3v) is 4.48. The number of amides is 2. The van der Waals surface area contributed by atoms with E-state index in [1.54, 1.807) is 29.1 Å². The molecule has 0 bridgehead atoms. The Labute approximate surface area is 147 Å². The Balaban J connectivity index is 1.72. The van der Waals surface area contributed by atoms with E-state index in [2.05, 4.69) is 10.4 Å². The van der Waals surface area contributed by atoms with Gasteiger partial charge in [-0.1, -0.05) is 0 Å². The summed E-state index contributed by atoms with van der Waals surface area (Å²) >= 11 is 0. The Hall–Kier alpha value is -2.63. The molecular formula is C19H24N4O2. The molecule has 0 radical (unpaired) electrons. The molecule has 0 atom stereocenters. The van der Waals surface area contributed by atoms with Gasteiger partial charge in [-0.3, -0.25) is 14.3 Å². The summed E-state index contributed by atoms with van der Waals surface area (Å²) in [4.78, 5) is 26.7. The van der Waals surface area contributed by atoms with Crippen molar-refractivity contribution < 1.29 is 9.59 Å². The van der Waals surface area contributed by atoms with Crippen LogP contribution in [0.25, 0.3) is 0 Å². The highest BCUT2D eigenvalue weighted by Crippen LogP contribution is 2.20. The molecule has 6 heteroatoms. The largest absolute Gasteiger partial charge is 0.339 e. The summed E-state index contributed by atoms with van der Waals surface area (Å²) in [6, 6.07) is 7.31. The van der Waals surface area contributed by atoms with Crippen molar-refractivity contribution in [3.05, 3.63) is 47.3 Å². The van der Waals surface area contributed by atoms with E-state index >= 15 is 0 Å². The van der Waals surface area contributed by atoms with Gasteiger partial charge in [0.2, 0.25) is 0 Å². The summed E-state index contributed by atoms with van der Waals surface area (Å²) in [5, 5.41) is 7.15. The van der Waals surface area contributed by atoms with E-state index in [4.69, 9.17) is 0 Å². The van der Waals surface area contributed by atoms with E-state index in [-0.39, 0.29) is 17.9 Å². The van der Waals surface area contributed by atoms with Crippen molar-refractivity contribution in [2.75, 3.05) is 18.4 Å². The lowest BCUT2D eigenvalue weighted by Gasteiger charge is -2.16. The number of aryl methyl sites for hydroxylation is 1. The molecule has 6 nitrogen and oxygen atoms in total. The Morgan fingerprint density at radius 2 is 1.88 bits per heavy atom. The van der Waals surface area contributed by atoms with Gasteiger partial charge in [-0.15, -0.1) is 0 Å². The van der Waals surface area contributed by atoms with Gasteiger partial charge in [-0.2, -0.15) is 5.10 Å². The summed E-state index contributed by atoms with van der Waals surface area (Å²) in [6.45, 7) is 7.57. The number of rotatable bonds is 4. The number of aromatic nitrogens is 2. The molecule has 2 amide bonds. The van der Waals surface area contributed by atoms with Crippen molar-refractivity contribution in [1.82, 2.24) is 14.7 Å². The lowest BCUT2D eigenvalue weighted by Crippen LogP contribution is -2.27. The van der Waals surface area contributed by atoms with E-state index in [9.17, 15) is 9.59 Å². The number of nitrogens with zero attached hydrogens (tertiary/aromatic N) is 3. The maximum atomic E-state index is 12.4. The zero-order valence-corrected chi connectivity index (χ0v) is 15.0. The molecule has 0 spiro atoms. The molecular weight excluding hydrogens is 316 g/mol. The van der Waals surface area contributed by atoms with E-state index in [0.717, 1.165) is 31.5 Å². The van der Waals surface area contributed by atoms with Crippen molar-refractivity contribution in [3.8, 4) is 0 Å². The van der Waals surface area contributed by atoms with Gasteiger partial charge in [0, 0.05) is 36.6 Å². The highest BCUT2D eigenvalue weighted by molar-refractivity contribution is 6.03. The second-order valence-electron chi connectivity index (χ2n) is 6.76. The predicted molar refractivity (Wildman–Crippen MR) is 96.9 cm³/mol. The monoisotopic (exact) mass is 340 g/mol. The summed E-state index contributed by atoms with van der Waals surface area (Å²) in [6.07, 6.45) is 3.94. The molecule has 1 N–H and O–H groups in total. The Bertz CT molecular complexity index is 788. The van der Waals surface area contributed by atoms with Crippen molar-refractivity contribution >= 4 is 17.5 Å². The lowest BCUT2D eigenvalue weighted by molar-refractivity contribution is 0.0792. The van der Waals surface area contributed by atoms with Crippen LogP contribution in [0.3, 0.4) is 0 Å². The van der Waals surface area contributed by atoms with E-state index in [0.29, 0.717) is 16.9 Å². The Kier molecular flexibility index (Phi) is 4.88. The molecule has 25 heavy (non-hydrogen) atoms. The summed E-state index contributed by atoms with van der Waals surface area (Å²) in [5.74, 6) is -0.185. The maximum absolute atomic E-state index is 12.4. The van der Waals surface area contributed by atoms with Gasteiger partial charge < -0.3 is 10.2 Å². The highest BCUT2D eigenvalue weighted by atomic mass is 16.2. The molecule has 0 saturated carbocycles. The van der Waals surface area contributed by atoms with Crippen molar-refractivity contribution in [2.45, 2.75) is 39.7 Å². The fourth-order valence-electron chi connectivity index (χ4n) is 2.97. The molecule has 3 rings (SSSR count). The SMILES string of the molecule is Cc1cc(C(=O)N2CCCC2)ccc1NC(=O)c1ccn(C(C)C)n1. The van der Waals surface area contributed by atoms with Crippen molar-refractivity contribution in [3.63, 3.8) is 0 Å². The molecule has 132 valence electrons. The third kappa shape index (κ3) is 3.73. The van der Waals surface area contributed by atoms with Crippen LogP contribution in [0.2, 0.25) is 0 Å². The van der Waals surface area contributed by atoms with Crippen LogP contribution in [0.15, 0.2) is 30.5 Å². The zero-order chi connectivity index (χ0) is 18.0. The standard InChI is InChI=1S/C19H24N4O2/c1-13(2)23-11-8-17(21-23)18(24)20-16-7-6-15(12-14(16)3)19(25)22-9-4-5-10-22/h6-8,11-13H,4-5,9-10H2,1-3H3,(H,20,24). The van der Waals surface area contributed by atoms with Gasteiger partial charge in [0.15, 0.2) is 5.69 Å². The first-order valence-electron chi connectivity index (χ1n) is 8.72. The van der Waals surface area contributed by atoms with Gasteiger partial charge >= 0.3 is 0 Å². The molecule has 0 aliphatic carbocycles. The van der Waals surface area contributed by atoms with E-state index in [1.807, 2.05) is 31.7 Å². The Morgan fingerprint density at radius 3 is 2.48 bits per heavy atom. The smallest absolute Gasteiger partial charge is 0.276 e.